The molecule has 0 radical (unpaired) electrons. The highest BCUT2D eigenvalue weighted by Gasteiger charge is 2.04. The first-order valence-corrected chi connectivity index (χ1v) is 6.82. The molecular weight excluding hydrogens is 226 g/mol. The molecule has 0 aromatic carbocycles. The lowest BCUT2D eigenvalue weighted by Gasteiger charge is -2.10. The second-order valence-corrected chi connectivity index (χ2v) is 4.85. The molecule has 0 atom stereocenters. The van der Waals surface area contributed by atoms with Crippen LogP contribution >= 0.6 is 0 Å². The van der Waals surface area contributed by atoms with Gasteiger partial charge in [0.05, 0.1) is 6.61 Å². The molecule has 1 N–H and O–H groups in total. The number of aryl methyl sites for hydroxylation is 1. The van der Waals surface area contributed by atoms with Gasteiger partial charge >= 0.3 is 6.01 Å². The second-order valence-electron chi connectivity index (χ2n) is 4.85. The van der Waals surface area contributed by atoms with Gasteiger partial charge in [-0.05, 0) is 13.3 Å². The molecule has 0 aliphatic carbocycles. The van der Waals surface area contributed by atoms with E-state index in [0.29, 0.717) is 18.7 Å². The van der Waals surface area contributed by atoms with Crippen LogP contribution < -0.4 is 10.1 Å². The van der Waals surface area contributed by atoms with E-state index in [2.05, 4.69) is 36.1 Å². The molecular formula is C14H25N3O. The van der Waals surface area contributed by atoms with Crippen molar-refractivity contribution in [3.63, 3.8) is 0 Å². The minimum absolute atomic E-state index is 0.467. The van der Waals surface area contributed by atoms with Gasteiger partial charge in [-0.3, -0.25) is 0 Å². The highest BCUT2D eigenvalue weighted by molar-refractivity contribution is 5.17. The molecule has 0 aliphatic rings. The van der Waals surface area contributed by atoms with E-state index in [-0.39, 0.29) is 0 Å². The number of nitrogens with zero attached hydrogens (tertiary/aromatic N) is 2. The van der Waals surface area contributed by atoms with E-state index in [0.717, 1.165) is 24.2 Å². The molecule has 0 saturated carbocycles. The van der Waals surface area contributed by atoms with Crippen molar-refractivity contribution < 1.29 is 4.74 Å². The van der Waals surface area contributed by atoms with Gasteiger partial charge < -0.3 is 10.1 Å². The topological polar surface area (TPSA) is 47.0 Å². The summed E-state index contributed by atoms with van der Waals surface area (Å²) >= 11 is 0. The van der Waals surface area contributed by atoms with Gasteiger partial charge in [-0.15, -0.1) is 0 Å². The van der Waals surface area contributed by atoms with Crippen molar-refractivity contribution >= 4 is 0 Å². The number of hydrogen-bond acceptors (Lipinski definition) is 4. The van der Waals surface area contributed by atoms with E-state index in [1.54, 1.807) is 0 Å². The maximum absolute atomic E-state index is 5.53. The molecule has 1 heterocycles. The Bertz CT molecular complexity index is 353. The SMILES string of the molecule is CCCCCOc1ncc(CNC(C)C)c(C)n1. The van der Waals surface area contributed by atoms with Crippen LogP contribution in [0.5, 0.6) is 6.01 Å². The minimum Gasteiger partial charge on any atom is -0.463 e. The fraction of sp³-hybridized carbons (Fsp3) is 0.714. The van der Waals surface area contributed by atoms with Crippen molar-refractivity contribution in [2.75, 3.05) is 6.61 Å². The van der Waals surface area contributed by atoms with Gasteiger partial charge in [0.1, 0.15) is 0 Å². The molecule has 0 saturated heterocycles. The van der Waals surface area contributed by atoms with Gasteiger partial charge in [-0.25, -0.2) is 9.97 Å². The highest BCUT2D eigenvalue weighted by atomic mass is 16.5. The molecule has 0 spiro atoms. The molecule has 0 unspecified atom stereocenters. The number of nitrogens with one attached hydrogen (secondary N) is 1. The zero-order valence-electron chi connectivity index (χ0n) is 12.0. The summed E-state index contributed by atoms with van der Waals surface area (Å²) in [5, 5.41) is 3.36. The lowest BCUT2D eigenvalue weighted by Crippen LogP contribution is -2.22. The van der Waals surface area contributed by atoms with Crippen LogP contribution in [0.3, 0.4) is 0 Å². The van der Waals surface area contributed by atoms with E-state index in [1.807, 2.05) is 13.1 Å². The number of hydrogen-bond donors (Lipinski definition) is 1. The lowest BCUT2D eigenvalue weighted by atomic mass is 10.2. The Morgan fingerprint density at radius 1 is 1.33 bits per heavy atom. The zero-order chi connectivity index (χ0) is 13.4. The van der Waals surface area contributed by atoms with Gasteiger partial charge in [0, 0.05) is 30.0 Å². The molecule has 0 aliphatic heterocycles. The summed E-state index contributed by atoms with van der Waals surface area (Å²) in [7, 11) is 0. The predicted octanol–water partition coefficient (Wildman–Crippen LogP) is 2.85. The van der Waals surface area contributed by atoms with Crippen LogP contribution in [0.15, 0.2) is 6.20 Å². The third kappa shape index (κ3) is 5.45. The summed E-state index contributed by atoms with van der Waals surface area (Å²) in [5.74, 6) is 0. The van der Waals surface area contributed by atoms with E-state index in [4.69, 9.17) is 4.74 Å². The average molecular weight is 251 g/mol. The van der Waals surface area contributed by atoms with Crippen LogP contribution in [0.4, 0.5) is 0 Å². The summed E-state index contributed by atoms with van der Waals surface area (Å²) in [6, 6.07) is 0.964. The van der Waals surface area contributed by atoms with Gasteiger partial charge in [-0.1, -0.05) is 33.6 Å². The Labute approximate surface area is 110 Å². The smallest absolute Gasteiger partial charge is 0.316 e. The largest absolute Gasteiger partial charge is 0.463 e. The average Bonchev–Trinajstić information content (AvgIpc) is 2.33. The normalized spacial score (nSPS) is 10.9. The molecule has 4 heteroatoms. The summed E-state index contributed by atoms with van der Waals surface area (Å²) < 4.78 is 5.53. The number of unbranched alkanes of at least 4 members (excludes halogenated alkanes) is 2. The number of ether oxygens (including phenoxy) is 1. The quantitative estimate of drug-likeness (QED) is 0.722. The molecule has 0 amide bonds. The molecule has 18 heavy (non-hydrogen) atoms. The van der Waals surface area contributed by atoms with Crippen LogP contribution in [-0.2, 0) is 6.54 Å². The van der Waals surface area contributed by atoms with Crippen LogP contribution in [0.1, 0.15) is 51.3 Å². The molecule has 0 fully saturated rings. The summed E-state index contributed by atoms with van der Waals surface area (Å²) in [5.41, 5.74) is 2.12. The summed E-state index contributed by atoms with van der Waals surface area (Å²) in [6.45, 7) is 9.94. The Morgan fingerprint density at radius 3 is 2.72 bits per heavy atom. The Morgan fingerprint density at radius 2 is 2.11 bits per heavy atom. The summed E-state index contributed by atoms with van der Waals surface area (Å²) in [4.78, 5) is 8.62. The maximum Gasteiger partial charge on any atom is 0.316 e. The second kappa shape index (κ2) is 8.03. The fourth-order valence-electron chi connectivity index (χ4n) is 1.54. The van der Waals surface area contributed by atoms with Gasteiger partial charge in [0.25, 0.3) is 0 Å². The van der Waals surface area contributed by atoms with Crippen LogP contribution in [0.25, 0.3) is 0 Å². The minimum atomic E-state index is 0.467. The van der Waals surface area contributed by atoms with Crippen LogP contribution in [0.2, 0.25) is 0 Å². The van der Waals surface area contributed by atoms with Crippen LogP contribution in [0, 0.1) is 6.92 Å². The van der Waals surface area contributed by atoms with Crippen molar-refractivity contribution in [1.29, 1.82) is 0 Å². The zero-order valence-corrected chi connectivity index (χ0v) is 12.0. The van der Waals surface area contributed by atoms with Crippen molar-refractivity contribution in [3.05, 3.63) is 17.5 Å². The fourth-order valence-corrected chi connectivity index (χ4v) is 1.54. The third-order valence-electron chi connectivity index (χ3n) is 2.74. The molecule has 1 rings (SSSR count). The first-order valence-electron chi connectivity index (χ1n) is 6.82. The molecule has 0 bridgehead atoms. The van der Waals surface area contributed by atoms with Crippen molar-refractivity contribution in [1.82, 2.24) is 15.3 Å². The van der Waals surface area contributed by atoms with E-state index < -0.39 is 0 Å². The summed E-state index contributed by atoms with van der Waals surface area (Å²) in [6.07, 6.45) is 5.31. The Hall–Kier alpha value is -1.16. The van der Waals surface area contributed by atoms with Gasteiger partial charge in [0.15, 0.2) is 0 Å². The molecule has 1 aromatic heterocycles. The van der Waals surface area contributed by atoms with Gasteiger partial charge in [-0.2, -0.15) is 0 Å². The van der Waals surface area contributed by atoms with Crippen molar-refractivity contribution in [2.45, 2.75) is 59.5 Å². The highest BCUT2D eigenvalue weighted by Crippen LogP contribution is 2.09. The number of rotatable bonds is 8. The van der Waals surface area contributed by atoms with E-state index >= 15 is 0 Å². The lowest BCUT2D eigenvalue weighted by molar-refractivity contribution is 0.281. The Kier molecular flexibility index (Phi) is 6.65. The standard InChI is InChI=1S/C14H25N3O/c1-5-6-7-8-18-14-16-10-13(12(4)17-14)9-15-11(2)3/h10-11,15H,5-9H2,1-4H3. The molecule has 1 aromatic rings. The molecule has 102 valence electrons. The van der Waals surface area contributed by atoms with Crippen molar-refractivity contribution in [2.24, 2.45) is 0 Å². The number of aromatic nitrogens is 2. The van der Waals surface area contributed by atoms with Gasteiger partial charge in [0.2, 0.25) is 0 Å². The predicted molar refractivity (Wildman–Crippen MR) is 73.8 cm³/mol. The van der Waals surface area contributed by atoms with Crippen molar-refractivity contribution in [3.8, 4) is 6.01 Å². The van der Waals surface area contributed by atoms with Crippen LogP contribution in [-0.4, -0.2) is 22.6 Å². The Balaban J connectivity index is 2.46. The first-order chi connectivity index (χ1) is 8.63. The first kappa shape index (κ1) is 14.9. The van der Waals surface area contributed by atoms with E-state index in [1.165, 1.54) is 12.8 Å². The monoisotopic (exact) mass is 251 g/mol. The maximum atomic E-state index is 5.53. The van der Waals surface area contributed by atoms with E-state index in [9.17, 15) is 0 Å². The molecule has 4 nitrogen and oxygen atoms in total. The third-order valence-corrected chi connectivity index (χ3v) is 2.74.